The van der Waals surface area contributed by atoms with Crippen LogP contribution in [0.5, 0.6) is 0 Å². The maximum atomic E-state index is 13.4. The maximum Gasteiger partial charge on any atom is 0.274 e. The number of halogens is 3. The fraction of sp³-hybridized carbons (Fsp3) is 0.143. The van der Waals surface area contributed by atoms with E-state index in [-0.39, 0.29) is 5.69 Å². The van der Waals surface area contributed by atoms with Crippen molar-refractivity contribution in [2.45, 2.75) is 6.92 Å². The molecule has 21 heavy (non-hydrogen) atoms. The molecule has 0 saturated heterocycles. The molecule has 4 nitrogen and oxygen atoms in total. The molecule has 1 heterocycles. The third-order valence-electron chi connectivity index (χ3n) is 2.62. The number of aromatic nitrogens is 1. The Labute approximate surface area is 119 Å². The third-order valence-corrected chi connectivity index (χ3v) is 2.62. The predicted octanol–water partition coefficient (Wildman–Crippen LogP) is 3.18. The number of carbonyl (C=O) groups is 1. The lowest BCUT2D eigenvalue weighted by atomic mass is 10.2. The van der Waals surface area contributed by atoms with Gasteiger partial charge in [0.05, 0.1) is 11.9 Å². The zero-order valence-electron chi connectivity index (χ0n) is 11.1. The monoisotopic (exact) mass is 295 g/mol. The number of nitrogens with one attached hydrogen (secondary N) is 2. The largest absolute Gasteiger partial charge is 0.384 e. The van der Waals surface area contributed by atoms with E-state index in [4.69, 9.17) is 0 Å². The van der Waals surface area contributed by atoms with Crippen molar-refractivity contribution in [2.24, 2.45) is 0 Å². The molecule has 0 spiro atoms. The second-order valence-corrected chi connectivity index (χ2v) is 4.16. The summed E-state index contributed by atoms with van der Waals surface area (Å²) >= 11 is 0. The summed E-state index contributed by atoms with van der Waals surface area (Å²) in [6.07, 6.45) is 1.43. The van der Waals surface area contributed by atoms with Gasteiger partial charge in [-0.25, -0.2) is 18.2 Å². The van der Waals surface area contributed by atoms with Crippen molar-refractivity contribution in [3.8, 4) is 0 Å². The van der Waals surface area contributed by atoms with Crippen LogP contribution in [0.4, 0.5) is 24.5 Å². The van der Waals surface area contributed by atoms with Crippen LogP contribution in [0.25, 0.3) is 0 Å². The van der Waals surface area contributed by atoms with Gasteiger partial charge in [-0.15, -0.1) is 0 Å². The lowest BCUT2D eigenvalue weighted by Crippen LogP contribution is -2.16. The van der Waals surface area contributed by atoms with Crippen molar-refractivity contribution in [3.63, 3.8) is 0 Å². The van der Waals surface area contributed by atoms with E-state index in [1.807, 2.05) is 12.2 Å². The Bertz CT molecular complexity index is 636. The first-order valence-electron chi connectivity index (χ1n) is 6.17. The van der Waals surface area contributed by atoms with Crippen LogP contribution >= 0.6 is 0 Å². The van der Waals surface area contributed by atoms with Gasteiger partial charge in [0.2, 0.25) is 0 Å². The van der Waals surface area contributed by atoms with E-state index >= 15 is 0 Å². The third kappa shape index (κ3) is 3.50. The summed E-state index contributed by atoms with van der Waals surface area (Å²) in [6, 6.07) is 4.00. The SMILES string of the molecule is CCNc1ccc(C(=O)Nc2c(F)cc(F)cc2F)nc1. The van der Waals surface area contributed by atoms with E-state index in [0.717, 1.165) is 0 Å². The number of amides is 1. The Morgan fingerprint density at radius 1 is 1.19 bits per heavy atom. The summed E-state index contributed by atoms with van der Waals surface area (Å²) in [5.74, 6) is -4.23. The quantitative estimate of drug-likeness (QED) is 0.911. The maximum absolute atomic E-state index is 13.4. The molecule has 0 unspecified atom stereocenters. The molecule has 2 N–H and O–H groups in total. The summed E-state index contributed by atoms with van der Waals surface area (Å²) in [7, 11) is 0. The highest BCUT2D eigenvalue weighted by molar-refractivity contribution is 6.03. The zero-order valence-corrected chi connectivity index (χ0v) is 11.1. The lowest BCUT2D eigenvalue weighted by Gasteiger charge is -2.08. The van der Waals surface area contributed by atoms with E-state index in [2.05, 4.69) is 10.3 Å². The molecule has 0 saturated carbocycles. The van der Waals surface area contributed by atoms with Crippen molar-refractivity contribution in [3.05, 3.63) is 53.6 Å². The Balaban J connectivity index is 2.18. The van der Waals surface area contributed by atoms with Gasteiger partial charge in [-0.05, 0) is 19.1 Å². The van der Waals surface area contributed by atoms with Gasteiger partial charge in [0.1, 0.15) is 17.2 Å². The average molecular weight is 295 g/mol. The van der Waals surface area contributed by atoms with Crippen molar-refractivity contribution >= 4 is 17.3 Å². The molecule has 0 radical (unpaired) electrons. The first-order valence-corrected chi connectivity index (χ1v) is 6.17. The summed E-state index contributed by atoms with van der Waals surface area (Å²) in [5, 5.41) is 5.03. The van der Waals surface area contributed by atoms with E-state index in [1.54, 1.807) is 6.07 Å². The minimum Gasteiger partial charge on any atom is -0.384 e. The van der Waals surface area contributed by atoms with Gasteiger partial charge < -0.3 is 10.6 Å². The summed E-state index contributed by atoms with van der Waals surface area (Å²) in [4.78, 5) is 15.7. The number of benzene rings is 1. The average Bonchev–Trinajstić information content (AvgIpc) is 2.43. The van der Waals surface area contributed by atoms with E-state index < -0.39 is 29.0 Å². The molecule has 1 aromatic carbocycles. The van der Waals surface area contributed by atoms with Crippen LogP contribution in [-0.2, 0) is 0 Å². The van der Waals surface area contributed by atoms with E-state index in [0.29, 0.717) is 24.4 Å². The second kappa shape index (κ2) is 6.25. The number of anilines is 2. The van der Waals surface area contributed by atoms with Crippen LogP contribution in [-0.4, -0.2) is 17.4 Å². The van der Waals surface area contributed by atoms with E-state index in [9.17, 15) is 18.0 Å². The molecule has 0 fully saturated rings. The molecule has 1 aromatic heterocycles. The molecule has 0 aliphatic heterocycles. The van der Waals surface area contributed by atoms with Crippen molar-refractivity contribution < 1.29 is 18.0 Å². The number of hydrogen-bond acceptors (Lipinski definition) is 3. The summed E-state index contributed by atoms with van der Waals surface area (Å²) < 4.78 is 39.6. The Hall–Kier alpha value is -2.57. The smallest absolute Gasteiger partial charge is 0.274 e. The Morgan fingerprint density at radius 3 is 2.38 bits per heavy atom. The second-order valence-electron chi connectivity index (χ2n) is 4.16. The van der Waals surface area contributed by atoms with Crippen LogP contribution in [0.2, 0.25) is 0 Å². The molecule has 7 heteroatoms. The highest BCUT2D eigenvalue weighted by atomic mass is 19.1. The molecule has 1 amide bonds. The normalized spacial score (nSPS) is 10.3. The Kier molecular flexibility index (Phi) is 4.42. The van der Waals surface area contributed by atoms with Crippen LogP contribution in [0.15, 0.2) is 30.5 Å². The number of nitrogens with zero attached hydrogens (tertiary/aromatic N) is 1. The first-order chi connectivity index (χ1) is 10.0. The van der Waals surface area contributed by atoms with Crippen LogP contribution in [0.1, 0.15) is 17.4 Å². The van der Waals surface area contributed by atoms with Gasteiger partial charge in [-0.3, -0.25) is 4.79 Å². The van der Waals surface area contributed by atoms with Crippen molar-refractivity contribution in [1.29, 1.82) is 0 Å². The summed E-state index contributed by atoms with van der Waals surface area (Å²) in [6.45, 7) is 2.60. The van der Waals surface area contributed by atoms with Gasteiger partial charge in [0, 0.05) is 18.7 Å². The highest BCUT2D eigenvalue weighted by Gasteiger charge is 2.16. The van der Waals surface area contributed by atoms with E-state index in [1.165, 1.54) is 12.3 Å². The molecule has 0 aliphatic rings. The molecule has 0 atom stereocenters. The molecule has 110 valence electrons. The van der Waals surface area contributed by atoms with Gasteiger partial charge in [-0.2, -0.15) is 0 Å². The van der Waals surface area contributed by atoms with Gasteiger partial charge >= 0.3 is 0 Å². The number of carbonyl (C=O) groups excluding carboxylic acids is 1. The minimum absolute atomic E-state index is 0.0141. The lowest BCUT2D eigenvalue weighted by molar-refractivity contribution is 0.102. The molecule has 2 rings (SSSR count). The predicted molar refractivity (Wildman–Crippen MR) is 72.7 cm³/mol. The van der Waals surface area contributed by atoms with Gasteiger partial charge in [-0.1, -0.05) is 0 Å². The van der Waals surface area contributed by atoms with Crippen molar-refractivity contribution in [2.75, 3.05) is 17.2 Å². The standard InChI is InChI=1S/C14H12F3N3O/c1-2-18-9-3-4-12(19-7-9)14(21)20-13-10(16)5-8(15)6-11(13)17/h3-7,18H,2H2,1H3,(H,20,21). The highest BCUT2D eigenvalue weighted by Crippen LogP contribution is 2.20. The minimum atomic E-state index is -1.19. The molecule has 0 bridgehead atoms. The first kappa shape index (κ1) is 14.8. The number of hydrogen-bond donors (Lipinski definition) is 2. The fourth-order valence-corrected chi connectivity index (χ4v) is 1.68. The molecule has 2 aromatic rings. The van der Waals surface area contributed by atoms with Gasteiger partial charge in [0.25, 0.3) is 5.91 Å². The van der Waals surface area contributed by atoms with Crippen LogP contribution in [0.3, 0.4) is 0 Å². The molecular weight excluding hydrogens is 283 g/mol. The Morgan fingerprint density at radius 2 is 1.86 bits per heavy atom. The topological polar surface area (TPSA) is 54.0 Å². The van der Waals surface area contributed by atoms with Gasteiger partial charge in [0.15, 0.2) is 11.6 Å². The number of rotatable bonds is 4. The van der Waals surface area contributed by atoms with Crippen LogP contribution in [0, 0.1) is 17.5 Å². The molecular formula is C14H12F3N3O. The zero-order chi connectivity index (χ0) is 15.4. The molecule has 0 aliphatic carbocycles. The van der Waals surface area contributed by atoms with Crippen molar-refractivity contribution in [1.82, 2.24) is 4.98 Å². The number of pyridine rings is 1. The fourth-order valence-electron chi connectivity index (χ4n) is 1.68. The van der Waals surface area contributed by atoms with Crippen LogP contribution < -0.4 is 10.6 Å². The summed E-state index contributed by atoms with van der Waals surface area (Å²) in [5.41, 5.74) is -0.00747.